The fourth-order valence-electron chi connectivity index (χ4n) is 3.75. The molecule has 0 radical (unpaired) electrons. The SMILES string of the molecule is N#C/C(C(=O)NCCc1ccccc1)=C1/S[C@H](Cc2ccc(Cl)cc2Cl)C(=O)N1c1ccc(Br)cc1. The van der Waals surface area contributed by atoms with E-state index in [0.717, 1.165) is 15.6 Å². The standard InChI is InChI=1S/C27H20BrCl2N3O2S/c28-19-7-10-21(11-8-19)33-26(35)24(14-18-6-9-20(29)15-23(18)30)36-27(33)22(16-31)25(34)32-13-12-17-4-2-1-3-5-17/h1-11,15,24H,12-14H2,(H,32,34)/b27-22-/t24-/m1/s1. The fraction of sp³-hybridized carbons (Fsp3) is 0.148. The maximum atomic E-state index is 13.6. The van der Waals surface area contributed by atoms with E-state index in [2.05, 4.69) is 21.2 Å². The van der Waals surface area contributed by atoms with Crippen LogP contribution < -0.4 is 10.2 Å². The molecule has 1 fully saturated rings. The van der Waals surface area contributed by atoms with E-state index in [1.165, 1.54) is 16.7 Å². The summed E-state index contributed by atoms with van der Waals surface area (Å²) in [5.74, 6) is -0.746. The molecule has 1 atom stereocenters. The minimum atomic E-state index is -0.567. The zero-order chi connectivity index (χ0) is 25.7. The third-order valence-electron chi connectivity index (χ3n) is 5.55. The molecule has 9 heteroatoms. The van der Waals surface area contributed by atoms with Crippen LogP contribution in [0.2, 0.25) is 10.0 Å². The Labute approximate surface area is 232 Å². The number of hydrogen-bond donors (Lipinski definition) is 1. The van der Waals surface area contributed by atoms with Gasteiger partial charge in [-0.2, -0.15) is 5.26 Å². The monoisotopic (exact) mass is 599 g/mol. The normalized spacial score (nSPS) is 16.6. The number of nitrogens with zero attached hydrogens (tertiary/aromatic N) is 2. The van der Waals surface area contributed by atoms with Gasteiger partial charge >= 0.3 is 0 Å². The van der Waals surface area contributed by atoms with Gasteiger partial charge in [0.15, 0.2) is 0 Å². The molecule has 3 aromatic carbocycles. The summed E-state index contributed by atoms with van der Waals surface area (Å²) in [7, 11) is 0. The van der Waals surface area contributed by atoms with E-state index in [9.17, 15) is 14.9 Å². The number of nitriles is 1. The van der Waals surface area contributed by atoms with Crippen LogP contribution in [0.15, 0.2) is 87.9 Å². The van der Waals surface area contributed by atoms with Gasteiger partial charge in [-0.25, -0.2) is 0 Å². The number of thioether (sulfide) groups is 1. The number of carbonyl (C=O) groups excluding carboxylic acids is 2. The first-order chi connectivity index (χ1) is 17.4. The molecule has 182 valence electrons. The van der Waals surface area contributed by atoms with Gasteiger partial charge < -0.3 is 5.32 Å². The maximum Gasteiger partial charge on any atom is 0.264 e. The number of amides is 2. The van der Waals surface area contributed by atoms with Crippen molar-refractivity contribution in [1.82, 2.24) is 5.32 Å². The van der Waals surface area contributed by atoms with E-state index < -0.39 is 11.2 Å². The van der Waals surface area contributed by atoms with Crippen LogP contribution in [-0.4, -0.2) is 23.6 Å². The lowest BCUT2D eigenvalue weighted by Crippen LogP contribution is -2.32. The van der Waals surface area contributed by atoms with Crippen molar-refractivity contribution in [2.75, 3.05) is 11.4 Å². The Balaban J connectivity index is 1.63. The average Bonchev–Trinajstić information content (AvgIpc) is 3.18. The largest absolute Gasteiger partial charge is 0.351 e. The highest BCUT2D eigenvalue weighted by atomic mass is 79.9. The lowest BCUT2D eigenvalue weighted by atomic mass is 10.1. The Hall–Kier alpha value is -2.76. The van der Waals surface area contributed by atoms with Crippen LogP contribution in [0.3, 0.4) is 0 Å². The minimum Gasteiger partial charge on any atom is -0.351 e. The van der Waals surface area contributed by atoms with E-state index in [-0.39, 0.29) is 11.5 Å². The number of hydrogen-bond acceptors (Lipinski definition) is 4. The van der Waals surface area contributed by atoms with Gasteiger partial charge in [0.25, 0.3) is 5.91 Å². The smallest absolute Gasteiger partial charge is 0.264 e. The highest BCUT2D eigenvalue weighted by Gasteiger charge is 2.41. The molecule has 1 N–H and O–H groups in total. The Kier molecular flexibility index (Phi) is 8.76. The second-order valence-corrected chi connectivity index (χ2v) is 10.9. The molecule has 0 aromatic heterocycles. The van der Waals surface area contributed by atoms with Crippen molar-refractivity contribution in [3.63, 3.8) is 0 Å². The van der Waals surface area contributed by atoms with Gasteiger partial charge in [-0.05, 0) is 60.4 Å². The third-order valence-corrected chi connectivity index (χ3v) is 7.93. The quantitative estimate of drug-likeness (QED) is 0.247. The van der Waals surface area contributed by atoms with Crippen molar-refractivity contribution in [2.24, 2.45) is 0 Å². The van der Waals surface area contributed by atoms with Crippen LogP contribution >= 0.6 is 50.9 Å². The Morgan fingerprint density at radius 2 is 1.81 bits per heavy atom. The number of anilines is 1. The summed E-state index contributed by atoms with van der Waals surface area (Å²) >= 11 is 17.0. The molecule has 0 spiro atoms. The second kappa shape index (κ2) is 12.0. The Morgan fingerprint density at radius 3 is 2.47 bits per heavy atom. The summed E-state index contributed by atoms with van der Waals surface area (Å²) in [5.41, 5.74) is 2.30. The molecule has 1 saturated heterocycles. The van der Waals surface area contributed by atoms with Gasteiger partial charge in [0.05, 0.1) is 5.25 Å². The molecular formula is C27H20BrCl2N3O2S. The van der Waals surface area contributed by atoms with E-state index in [1.54, 1.807) is 42.5 Å². The zero-order valence-corrected chi connectivity index (χ0v) is 22.8. The van der Waals surface area contributed by atoms with E-state index in [4.69, 9.17) is 23.2 Å². The summed E-state index contributed by atoms with van der Waals surface area (Å²) in [6.45, 7) is 0.363. The topological polar surface area (TPSA) is 73.2 Å². The van der Waals surface area contributed by atoms with Crippen molar-refractivity contribution < 1.29 is 9.59 Å². The van der Waals surface area contributed by atoms with Crippen molar-refractivity contribution in [1.29, 1.82) is 5.26 Å². The Morgan fingerprint density at radius 1 is 1.08 bits per heavy atom. The molecule has 3 aromatic rings. The number of benzene rings is 3. The van der Waals surface area contributed by atoms with Gasteiger partial charge in [0.2, 0.25) is 5.91 Å². The lowest BCUT2D eigenvalue weighted by molar-refractivity contribution is -0.117. The molecule has 1 aliphatic rings. The first kappa shape index (κ1) is 26.3. The molecule has 36 heavy (non-hydrogen) atoms. The second-order valence-electron chi connectivity index (χ2n) is 7.98. The summed E-state index contributed by atoms with van der Waals surface area (Å²) in [6, 6.07) is 24.1. The van der Waals surface area contributed by atoms with Crippen molar-refractivity contribution in [3.05, 3.63) is 109 Å². The molecule has 0 unspecified atom stereocenters. The average molecular weight is 601 g/mol. The molecule has 1 heterocycles. The summed E-state index contributed by atoms with van der Waals surface area (Å²) < 4.78 is 0.847. The third kappa shape index (κ3) is 6.13. The molecule has 1 aliphatic heterocycles. The van der Waals surface area contributed by atoms with E-state index in [1.807, 2.05) is 36.4 Å². The van der Waals surface area contributed by atoms with Crippen LogP contribution in [0.5, 0.6) is 0 Å². The van der Waals surface area contributed by atoms with Gasteiger partial charge in [0.1, 0.15) is 16.7 Å². The van der Waals surface area contributed by atoms with Gasteiger partial charge in [-0.3, -0.25) is 14.5 Å². The Bertz CT molecular complexity index is 1360. The highest BCUT2D eigenvalue weighted by molar-refractivity contribution is 9.10. The first-order valence-corrected chi connectivity index (χ1v) is 13.5. The maximum absolute atomic E-state index is 13.6. The molecule has 5 nitrogen and oxygen atoms in total. The number of carbonyl (C=O) groups is 2. The summed E-state index contributed by atoms with van der Waals surface area (Å²) in [4.78, 5) is 28.1. The summed E-state index contributed by atoms with van der Waals surface area (Å²) in [6.07, 6.45) is 0.950. The first-order valence-electron chi connectivity index (χ1n) is 11.0. The number of rotatable bonds is 7. The van der Waals surface area contributed by atoms with Crippen molar-refractivity contribution >= 4 is 68.4 Å². The van der Waals surface area contributed by atoms with Crippen molar-refractivity contribution in [2.45, 2.75) is 18.1 Å². The molecule has 0 saturated carbocycles. The molecule has 2 amide bonds. The highest BCUT2D eigenvalue weighted by Crippen LogP contribution is 2.42. The number of halogens is 3. The van der Waals surface area contributed by atoms with E-state index >= 15 is 0 Å². The van der Waals surface area contributed by atoms with Crippen LogP contribution in [0.4, 0.5) is 5.69 Å². The summed E-state index contributed by atoms with van der Waals surface area (Å²) in [5, 5.41) is 13.5. The predicted molar refractivity (Wildman–Crippen MR) is 149 cm³/mol. The van der Waals surface area contributed by atoms with Crippen LogP contribution in [0.25, 0.3) is 0 Å². The van der Waals surface area contributed by atoms with Gasteiger partial charge in [-0.1, -0.05) is 87.3 Å². The van der Waals surface area contributed by atoms with Crippen LogP contribution in [-0.2, 0) is 22.4 Å². The minimum absolute atomic E-state index is 0.103. The van der Waals surface area contributed by atoms with Crippen LogP contribution in [0, 0.1) is 11.3 Å². The van der Waals surface area contributed by atoms with Crippen LogP contribution in [0.1, 0.15) is 11.1 Å². The molecule has 0 bridgehead atoms. The predicted octanol–water partition coefficient (Wildman–Crippen LogP) is 6.54. The lowest BCUT2D eigenvalue weighted by Gasteiger charge is -2.19. The number of nitrogens with one attached hydrogen (secondary N) is 1. The molecule has 4 rings (SSSR count). The molecule has 0 aliphatic carbocycles. The van der Waals surface area contributed by atoms with Gasteiger partial charge in [-0.15, -0.1) is 0 Å². The fourth-order valence-corrected chi connectivity index (χ4v) is 5.80. The molecular weight excluding hydrogens is 581 g/mol. The van der Waals surface area contributed by atoms with E-state index in [0.29, 0.717) is 40.1 Å². The van der Waals surface area contributed by atoms with Gasteiger partial charge in [0, 0.05) is 26.8 Å². The van der Waals surface area contributed by atoms with Crippen molar-refractivity contribution in [3.8, 4) is 6.07 Å². The zero-order valence-electron chi connectivity index (χ0n) is 18.9.